The van der Waals surface area contributed by atoms with E-state index in [1.54, 1.807) is 0 Å². The second kappa shape index (κ2) is 5.59. The molecule has 0 aliphatic heterocycles. The third-order valence-corrected chi connectivity index (χ3v) is 3.05. The van der Waals surface area contributed by atoms with E-state index < -0.39 is 0 Å². The van der Waals surface area contributed by atoms with Crippen LogP contribution in [0.25, 0.3) is 0 Å². The molecule has 2 N–H and O–H groups in total. The van der Waals surface area contributed by atoms with Crippen LogP contribution < -0.4 is 5.73 Å². The van der Waals surface area contributed by atoms with Gasteiger partial charge in [-0.15, -0.1) is 0 Å². The van der Waals surface area contributed by atoms with E-state index in [1.165, 1.54) is 5.56 Å². The minimum absolute atomic E-state index is 0.282. The maximum absolute atomic E-state index is 5.90. The van der Waals surface area contributed by atoms with Gasteiger partial charge in [0, 0.05) is 6.04 Å². The Morgan fingerprint density at radius 2 is 2.00 bits per heavy atom. The third-order valence-electron chi connectivity index (χ3n) is 2.31. The van der Waals surface area contributed by atoms with E-state index in [0.29, 0.717) is 10.0 Å². The Kier molecular flexibility index (Phi) is 4.73. The van der Waals surface area contributed by atoms with E-state index in [4.69, 9.17) is 28.9 Å². The highest BCUT2D eigenvalue weighted by atomic mass is 35.5. The second-order valence-corrected chi connectivity index (χ2v) is 4.27. The van der Waals surface area contributed by atoms with Crippen LogP contribution in [0.3, 0.4) is 0 Å². The van der Waals surface area contributed by atoms with Gasteiger partial charge in [0.1, 0.15) is 0 Å². The molecule has 0 aliphatic rings. The van der Waals surface area contributed by atoms with Crippen molar-refractivity contribution in [2.45, 2.75) is 32.2 Å². The molecule has 0 aromatic heterocycles. The summed E-state index contributed by atoms with van der Waals surface area (Å²) in [5, 5.41) is 1.23. The molecule has 0 amide bonds. The van der Waals surface area contributed by atoms with Gasteiger partial charge in [-0.1, -0.05) is 36.2 Å². The topological polar surface area (TPSA) is 26.0 Å². The minimum atomic E-state index is 0.282. The van der Waals surface area contributed by atoms with E-state index in [2.05, 4.69) is 6.92 Å². The van der Waals surface area contributed by atoms with E-state index in [1.807, 2.05) is 18.2 Å². The summed E-state index contributed by atoms with van der Waals surface area (Å²) >= 11 is 11.7. The van der Waals surface area contributed by atoms with Crippen LogP contribution in [0.5, 0.6) is 0 Å². The SMILES string of the molecule is CCC(N)CCc1ccc(Cl)c(Cl)c1. The highest BCUT2D eigenvalue weighted by Crippen LogP contribution is 2.23. The van der Waals surface area contributed by atoms with Crippen LogP contribution in [0, 0.1) is 0 Å². The number of hydrogen-bond donors (Lipinski definition) is 1. The predicted octanol–water partition coefficient (Wildman–Crippen LogP) is 3.66. The first kappa shape index (κ1) is 11.8. The molecule has 78 valence electrons. The monoisotopic (exact) mass is 231 g/mol. The summed E-state index contributed by atoms with van der Waals surface area (Å²) in [5.74, 6) is 0. The zero-order chi connectivity index (χ0) is 10.6. The van der Waals surface area contributed by atoms with Crippen molar-refractivity contribution in [1.82, 2.24) is 0 Å². The lowest BCUT2D eigenvalue weighted by Crippen LogP contribution is -2.19. The third kappa shape index (κ3) is 3.49. The van der Waals surface area contributed by atoms with Gasteiger partial charge in [0.2, 0.25) is 0 Å². The van der Waals surface area contributed by atoms with Crippen molar-refractivity contribution in [3.8, 4) is 0 Å². The number of nitrogens with two attached hydrogens (primary N) is 1. The van der Waals surface area contributed by atoms with E-state index in [0.717, 1.165) is 19.3 Å². The van der Waals surface area contributed by atoms with Gasteiger partial charge in [-0.3, -0.25) is 0 Å². The lowest BCUT2D eigenvalue weighted by atomic mass is 10.0. The Morgan fingerprint density at radius 3 is 2.57 bits per heavy atom. The number of hydrogen-bond acceptors (Lipinski definition) is 1. The first-order chi connectivity index (χ1) is 6.63. The molecule has 3 heteroatoms. The Morgan fingerprint density at radius 1 is 1.29 bits per heavy atom. The first-order valence-electron chi connectivity index (χ1n) is 4.83. The number of rotatable bonds is 4. The van der Waals surface area contributed by atoms with Crippen LogP contribution in [0.4, 0.5) is 0 Å². The van der Waals surface area contributed by atoms with Gasteiger partial charge in [-0.05, 0) is 37.0 Å². The van der Waals surface area contributed by atoms with Crippen molar-refractivity contribution in [3.05, 3.63) is 33.8 Å². The molecule has 0 heterocycles. The van der Waals surface area contributed by atoms with Crippen LogP contribution in [0.2, 0.25) is 10.0 Å². The molecular weight excluding hydrogens is 217 g/mol. The van der Waals surface area contributed by atoms with Gasteiger partial charge in [-0.25, -0.2) is 0 Å². The van der Waals surface area contributed by atoms with E-state index in [-0.39, 0.29) is 6.04 Å². The van der Waals surface area contributed by atoms with Gasteiger partial charge in [-0.2, -0.15) is 0 Å². The quantitative estimate of drug-likeness (QED) is 0.842. The summed E-state index contributed by atoms with van der Waals surface area (Å²) in [5.41, 5.74) is 7.03. The van der Waals surface area contributed by atoms with Crippen LogP contribution in [-0.2, 0) is 6.42 Å². The number of aryl methyl sites for hydroxylation is 1. The van der Waals surface area contributed by atoms with Crippen LogP contribution in [-0.4, -0.2) is 6.04 Å². The standard InChI is InChI=1S/C11H15Cl2N/c1-2-9(14)5-3-8-4-6-10(12)11(13)7-8/h4,6-7,9H,2-3,5,14H2,1H3. The number of halogens is 2. The highest BCUT2D eigenvalue weighted by molar-refractivity contribution is 6.42. The molecule has 1 aromatic rings. The fourth-order valence-electron chi connectivity index (χ4n) is 1.25. The molecule has 1 atom stereocenters. The Balaban J connectivity index is 2.55. The lowest BCUT2D eigenvalue weighted by molar-refractivity contribution is 0.596. The molecule has 1 aromatic carbocycles. The molecule has 0 saturated carbocycles. The molecule has 0 radical (unpaired) electrons. The Hall–Kier alpha value is -0.240. The maximum Gasteiger partial charge on any atom is 0.0595 e. The highest BCUT2D eigenvalue weighted by Gasteiger charge is 2.02. The average Bonchev–Trinajstić information content (AvgIpc) is 2.19. The molecule has 0 bridgehead atoms. The summed E-state index contributed by atoms with van der Waals surface area (Å²) in [6.07, 6.45) is 2.97. The molecule has 1 nitrogen and oxygen atoms in total. The molecule has 0 fully saturated rings. The van der Waals surface area contributed by atoms with Gasteiger partial charge in [0.15, 0.2) is 0 Å². The average molecular weight is 232 g/mol. The second-order valence-electron chi connectivity index (χ2n) is 3.46. The lowest BCUT2D eigenvalue weighted by Gasteiger charge is -2.08. The summed E-state index contributed by atoms with van der Waals surface area (Å²) in [6.45, 7) is 2.10. The van der Waals surface area contributed by atoms with Crippen molar-refractivity contribution < 1.29 is 0 Å². The molecule has 1 unspecified atom stereocenters. The predicted molar refractivity (Wildman–Crippen MR) is 63.0 cm³/mol. The zero-order valence-electron chi connectivity index (χ0n) is 8.26. The van der Waals surface area contributed by atoms with Crippen LogP contribution in [0.15, 0.2) is 18.2 Å². The first-order valence-corrected chi connectivity index (χ1v) is 5.58. The van der Waals surface area contributed by atoms with E-state index in [9.17, 15) is 0 Å². The fourth-order valence-corrected chi connectivity index (χ4v) is 1.57. The molecule has 14 heavy (non-hydrogen) atoms. The van der Waals surface area contributed by atoms with Crippen LogP contribution in [0.1, 0.15) is 25.3 Å². The molecule has 0 saturated heterocycles. The van der Waals surface area contributed by atoms with Crippen molar-refractivity contribution >= 4 is 23.2 Å². The fraction of sp³-hybridized carbons (Fsp3) is 0.455. The van der Waals surface area contributed by atoms with Crippen LogP contribution >= 0.6 is 23.2 Å². The molecule has 0 aliphatic carbocycles. The van der Waals surface area contributed by atoms with Crippen molar-refractivity contribution in [2.24, 2.45) is 5.73 Å². The summed E-state index contributed by atoms with van der Waals surface area (Å²) < 4.78 is 0. The normalized spacial score (nSPS) is 12.9. The Labute approximate surface area is 95.2 Å². The minimum Gasteiger partial charge on any atom is -0.328 e. The summed E-state index contributed by atoms with van der Waals surface area (Å²) in [7, 11) is 0. The Bertz CT molecular complexity index is 299. The van der Waals surface area contributed by atoms with E-state index >= 15 is 0 Å². The van der Waals surface area contributed by atoms with Gasteiger partial charge >= 0.3 is 0 Å². The largest absolute Gasteiger partial charge is 0.328 e. The van der Waals surface area contributed by atoms with Crippen molar-refractivity contribution in [3.63, 3.8) is 0 Å². The smallest absolute Gasteiger partial charge is 0.0595 e. The summed E-state index contributed by atoms with van der Waals surface area (Å²) in [6, 6.07) is 6.02. The summed E-state index contributed by atoms with van der Waals surface area (Å²) in [4.78, 5) is 0. The molecule has 0 spiro atoms. The van der Waals surface area contributed by atoms with Gasteiger partial charge < -0.3 is 5.73 Å². The van der Waals surface area contributed by atoms with Gasteiger partial charge in [0.05, 0.1) is 10.0 Å². The van der Waals surface area contributed by atoms with Gasteiger partial charge in [0.25, 0.3) is 0 Å². The van der Waals surface area contributed by atoms with Crippen molar-refractivity contribution in [2.75, 3.05) is 0 Å². The number of benzene rings is 1. The van der Waals surface area contributed by atoms with Crippen molar-refractivity contribution in [1.29, 1.82) is 0 Å². The zero-order valence-corrected chi connectivity index (χ0v) is 9.78. The maximum atomic E-state index is 5.90. The molecule has 1 rings (SSSR count). The molecular formula is C11H15Cl2N.